The van der Waals surface area contributed by atoms with Crippen molar-refractivity contribution in [2.75, 3.05) is 94.9 Å². The molecule has 516 valence electrons. The minimum Gasteiger partial charge on any atom is -0.381 e. The molecular formula is C75H84N12O12. The predicted molar refractivity (Wildman–Crippen MR) is 367 cm³/mol. The second kappa shape index (κ2) is 31.4. The molecule has 6 saturated heterocycles. The second-order valence-corrected chi connectivity index (χ2v) is 22.6. The van der Waals surface area contributed by atoms with E-state index < -0.39 is 185 Å². The number of anilines is 3. The Morgan fingerprint density at radius 3 is 0.879 bits per heavy atom. The van der Waals surface area contributed by atoms with Gasteiger partial charge in [0.1, 0.15) is 18.1 Å². The Bertz CT molecular complexity index is 4960. The number of benzene rings is 6. The number of ether oxygens (including phenoxy) is 3. The van der Waals surface area contributed by atoms with Crippen molar-refractivity contribution < 1.29 is 98.5 Å². The lowest BCUT2D eigenvalue weighted by Crippen LogP contribution is -2.52. The van der Waals surface area contributed by atoms with Crippen LogP contribution in [0.1, 0.15) is 161 Å². The van der Waals surface area contributed by atoms with Crippen LogP contribution in [0.15, 0.2) is 127 Å². The summed E-state index contributed by atoms with van der Waals surface area (Å²) in [5.74, 6) is -12.3. The van der Waals surface area contributed by atoms with Crippen molar-refractivity contribution >= 4 is 70.2 Å². The molecule has 0 spiro atoms. The van der Waals surface area contributed by atoms with E-state index in [-0.39, 0.29) is 65.1 Å². The maximum Gasteiger partial charge on any atom is 0.255 e. The highest BCUT2D eigenvalue weighted by molar-refractivity contribution is 6.08. The van der Waals surface area contributed by atoms with E-state index in [1.54, 1.807) is 30.7 Å². The Balaban J connectivity index is 0.000000165. The summed E-state index contributed by atoms with van der Waals surface area (Å²) in [5.41, 5.74) is -1.61. The molecule has 1 unspecified atom stereocenters. The molecule has 0 bridgehead atoms. The highest BCUT2D eigenvalue weighted by Gasteiger charge is 2.43. The molecule has 0 radical (unpaired) electrons. The Morgan fingerprint density at radius 1 is 0.364 bits per heavy atom. The van der Waals surface area contributed by atoms with E-state index in [0.29, 0.717) is 95.6 Å². The van der Waals surface area contributed by atoms with Crippen LogP contribution in [0.4, 0.5) is 17.1 Å². The average Bonchev–Trinajstić information content (AvgIpc) is 1.62. The van der Waals surface area contributed by atoms with E-state index in [1.807, 2.05) is 0 Å². The first-order valence-electron chi connectivity index (χ1n) is 46.2. The molecule has 3 atom stereocenters. The van der Waals surface area contributed by atoms with Gasteiger partial charge in [-0.1, -0.05) is 91.0 Å². The van der Waals surface area contributed by atoms with Crippen molar-refractivity contribution in [3.63, 3.8) is 0 Å². The Morgan fingerprint density at radius 2 is 0.616 bits per heavy atom. The van der Waals surface area contributed by atoms with Crippen LogP contribution >= 0.6 is 0 Å². The molecule has 0 aliphatic carbocycles. The van der Waals surface area contributed by atoms with E-state index in [0.717, 1.165) is 0 Å². The lowest BCUT2D eigenvalue weighted by atomic mass is 10.0. The fourth-order valence-electron chi connectivity index (χ4n) is 11.0. The molecule has 15 rings (SSSR count). The monoisotopic (exact) mass is 1370 g/mol. The first-order chi connectivity index (χ1) is 59.5. The fourth-order valence-corrected chi connectivity index (χ4v) is 11.0. The first kappa shape index (κ1) is 40.4. The molecule has 9 heterocycles. The van der Waals surface area contributed by atoms with Crippen LogP contribution in [0.2, 0.25) is 0 Å². The lowest BCUT2D eigenvalue weighted by Gasteiger charge is -2.29. The lowest BCUT2D eigenvalue weighted by molar-refractivity contribution is -0.138. The Kier molecular flexibility index (Phi) is 12.8. The zero-order valence-electron chi connectivity index (χ0n) is 82.4. The molecule has 99 heavy (non-hydrogen) atoms. The fraction of sp³-hybridized carbons (Fsp3) is 0.400. The van der Waals surface area contributed by atoms with E-state index in [9.17, 15) is 43.2 Å². The van der Waals surface area contributed by atoms with Gasteiger partial charge in [0.2, 0.25) is 35.4 Å². The first-order valence-corrected chi connectivity index (χ1v) is 31.2. The standard InChI is InChI=1S/3C25H28N4O4/c3*30-23-9-8-22(24(31)27-23)29-16-20-19(25(29)32)2-1-3-21(20)26-14-17-4-6-18(7-5-17)15-28-10-12-33-13-11-28/h3*1-7,22,26H,8-16H2,(H,27,30,31)/t2*22-;/m10./s1/i3*8D2,9D2,14D2,15D2,16D2. The van der Waals surface area contributed by atoms with Crippen molar-refractivity contribution in [3.05, 3.63) is 194 Å². The van der Waals surface area contributed by atoms with Crippen LogP contribution in [0.5, 0.6) is 0 Å². The normalized spacial score (nSPS) is 31.1. The Labute approximate surface area is 617 Å². The maximum atomic E-state index is 13.5. The molecule has 6 N–H and O–H groups in total. The number of nitrogens with one attached hydrogen (secondary N) is 6. The van der Waals surface area contributed by atoms with Crippen molar-refractivity contribution in [2.24, 2.45) is 0 Å². The molecule has 6 aromatic rings. The largest absolute Gasteiger partial charge is 0.381 e. The number of hydrogen-bond acceptors (Lipinski definition) is 18. The summed E-state index contributed by atoms with van der Waals surface area (Å²) in [7, 11) is 0. The second-order valence-electron chi connectivity index (χ2n) is 22.6. The molecular weight excluding hydrogens is 1260 g/mol. The molecule has 6 aromatic carbocycles. The number of piperidine rings is 3. The Hall–Kier alpha value is -9.69. The number of morpholine rings is 3. The number of carbonyl (C=O) groups excluding carboxylic acids is 9. The predicted octanol–water partition coefficient (Wildman–Crippen LogP) is 5.68. The van der Waals surface area contributed by atoms with Crippen molar-refractivity contribution in [3.8, 4) is 0 Å². The highest BCUT2D eigenvalue weighted by Crippen LogP contribution is 2.36. The molecule has 9 amide bonds. The van der Waals surface area contributed by atoms with Gasteiger partial charge in [-0.3, -0.25) is 73.8 Å². The molecule has 0 aromatic heterocycles. The smallest absolute Gasteiger partial charge is 0.255 e. The number of rotatable bonds is 18. The third-order valence-electron chi connectivity index (χ3n) is 16.0. The van der Waals surface area contributed by atoms with Gasteiger partial charge in [0.15, 0.2) is 0 Å². The maximum absolute atomic E-state index is 13.5. The highest BCUT2D eigenvalue weighted by atomic mass is 16.5. The van der Waals surface area contributed by atoms with Crippen LogP contribution in [0, 0.1) is 0 Å². The van der Waals surface area contributed by atoms with Gasteiger partial charge >= 0.3 is 0 Å². The topological polar surface area (TPSA) is 273 Å². The van der Waals surface area contributed by atoms with E-state index in [1.165, 1.54) is 127 Å². The van der Waals surface area contributed by atoms with Gasteiger partial charge in [0.05, 0.1) is 56.1 Å². The van der Waals surface area contributed by atoms with Gasteiger partial charge in [0, 0.05) is 192 Å². The van der Waals surface area contributed by atoms with E-state index >= 15 is 0 Å². The van der Waals surface area contributed by atoms with Gasteiger partial charge < -0.3 is 44.9 Å². The minimum atomic E-state index is -3.31. The average molecular weight is 1380 g/mol. The molecule has 24 heteroatoms. The summed E-state index contributed by atoms with van der Waals surface area (Å²) in [6.07, 6.45) is -19.8. The van der Waals surface area contributed by atoms with Crippen LogP contribution in [-0.4, -0.2) is 180 Å². The van der Waals surface area contributed by atoms with Crippen molar-refractivity contribution in [1.82, 2.24) is 45.3 Å². The summed E-state index contributed by atoms with van der Waals surface area (Å²) in [6.45, 7) is -16.8. The SMILES string of the molecule is [2H]C([2H])(Nc1cccc2c1C([2H])([2H])N(C1C(=O)NC(=O)C([2H])([2H])C1([2H])[2H])C2=O)c1ccc(C([2H])([2H])N2CCOCC2)cc1.[2H]C([2H])(Nc1cccc2c1C([2H])([2H])N([C@@H]1C(=O)NC(=O)C([2H])([2H])C1([2H])[2H])C2=O)c1ccc(C([2H])([2H])N2CCOCC2)cc1.[2H]C([2H])(Nc1cccc2c1C([2H])([2H])N([C@H]1C(=O)NC(=O)C([2H])([2H])C1([2H])[2H])C2=O)c1ccc(C([2H])([2H])N2CCOCC2)cc1. The van der Waals surface area contributed by atoms with Crippen LogP contribution in [0.25, 0.3) is 0 Å². The van der Waals surface area contributed by atoms with Crippen molar-refractivity contribution in [2.45, 2.75) is 115 Å². The zero-order valence-corrected chi connectivity index (χ0v) is 52.4. The number of nitrogens with zero attached hydrogens (tertiary/aromatic N) is 6. The van der Waals surface area contributed by atoms with Gasteiger partial charge in [-0.2, -0.15) is 0 Å². The summed E-state index contributed by atoms with van der Waals surface area (Å²) in [6, 6.07) is 21.5. The molecule has 9 aliphatic heterocycles. The van der Waals surface area contributed by atoms with Gasteiger partial charge in [0.25, 0.3) is 17.7 Å². The summed E-state index contributed by atoms with van der Waals surface area (Å²) < 4.78 is 269. The molecule has 0 saturated carbocycles. The van der Waals surface area contributed by atoms with E-state index in [2.05, 4.69) is 16.0 Å². The minimum absolute atomic E-state index is 0.0584. The number of imide groups is 3. The van der Waals surface area contributed by atoms with Crippen molar-refractivity contribution in [1.29, 1.82) is 0 Å². The van der Waals surface area contributed by atoms with E-state index in [4.69, 9.17) is 55.3 Å². The third-order valence-corrected chi connectivity index (χ3v) is 16.0. The number of carbonyl (C=O) groups is 9. The van der Waals surface area contributed by atoms with Gasteiger partial charge in [-0.15, -0.1) is 0 Å². The van der Waals surface area contributed by atoms with Gasteiger partial charge in [-0.05, 0) is 88.9 Å². The summed E-state index contributed by atoms with van der Waals surface area (Å²) in [4.78, 5) is 120. The zero-order chi connectivity index (χ0) is 95.3. The summed E-state index contributed by atoms with van der Waals surface area (Å²) >= 11 is 0. The number of hydrogen-bond donors (Lipinski definition) is 6. The number of amides is 9. The molecule has 6 fully saturated rings. The quantitative estimate of drug-likeness (QED) is 0.0565. The molecule has 9 aliphatic rings. The van der Waals surface area contributed by atoms with Crippen LogP contribution in [0.3, 0.4) is 0 Å². The summed E-state index contributed by atoms with van der Waals surface area (Å²) in [5, 5.41) is 12.8. The molecule has 24 nitrogen and oxygen atoms in total. The van der Waals surface area contributed by atoms with Crippen LogP contribution < -0.4 is 31.9 Å². The third kappa shape index (κ3) is 16.4. The van der Waals surface area contributed by atoms with Crippen LogP contribution in [-0.2, 0) is 101 Å². The number of fused-ring (bicyclic) bond motifs is 3. The van der Waals surface area contributed by atoms with Gasteiger partial charge in [-0.25, -0.2) is 0 Å².